The normalized spacial score (nSPS) is 13.1. The zero-order valence-corrected chi connectivity index (χ0v) is 12.6. The minimum absolute atomic E-state index is 0.104. The summed E-state index contributed by atoms with van der Waals surface area (Å²) in [5.41, 5.74) is 1.05. The predicted octanol–water partition coefficient (Wildman–Crippen LogP) is 3.35. The van der Waals surface area contributed by atoms with Crippen molar-refractivity contribution in [1.82, 2.24) is 10.3 Å². The third kappa shape index (κ3) is 6.76. The number of thiazole rings is 1. The van der Waals surface area contributed by atoms with Crippen LogP contribution in [0.1, 0.15) is 52.2 Å². The smallest absolute Gasteiger partial charge is 0.107 e. The van der Waals surface area contributed by atoms with E-state index in [1.165, 1.54) is 0 Å². The summed E-state index contributed by atoms with van der Waals surface area (Å²) in [6.45, 7) is 14.1. The molecule has 0 radical (unpaired) electrons. The molecule has 1 heterocycles. The third-order valence-corrected chi connectivity index (χ3v) is 2.92. The van der Waals surface area contributed by atoms with Gasteiger partial charge in [-0.3, -0.25) is 0 Å². The molecule has 1 rings (SSSR count). The molecular formula is C13H24N2OS. The highest BCUT2D eigenvalue weighted by Crippen LogP contribution is 2.15. The quantitative estimate of drug-likeness (QED) is 0.897. The Kier molecular flexibility index (Phi) is 4.69. The standard InChI is InChI=1S/C13H24N2OS/c1-12(2,3)14-7-11-15-10(9-17-11)8-16-13(4,5)6/h9,14H,7-8H2,1-6H3. The summed E-state index contributed by atoms with van der Waals surface area (Å²) < 4.78 is 5.70. The molecule has 98 valence electrons. The average molecular weight is 256 g/mol. The minimum Gasteiger partial charge on any atom is -0.370 e. The molecule has 3 nitrogen and oxygen atoms in total. The van der Waals surface area contributed by atoms with E-state index in [9.17, 15) is 0 Å². The van der Waals surface area contributed by atoms with Crippen molar-refractivity contribution in [3.63, 3.8) is 0 Å². The summed E-state index contributed by atoms with van der Waals surface area (Å²) in [6, 6.07) is 0. The Balaban J connectivity index is 2.43. The molecule has 0 spiro atoms. The first kappa shape index (κ1) is 14.6. The molecule has 17 heavy (non-hydrogen) atoms. The molecule has 0 saturated heterocycles. The number of nitrogens with one attached hydrogen (secondary N) is 1. The molecule has 0 aliphatic carbocycles. The van der Waals surface area contributed by atoms with Crippen LogP contribution in [0.5, 0.6) is 0 Å². The Labute approximate surface area is 109 Å². The Morgan fingerprint density at radius 1 is 1.24 bits per heavy atom. The number of hydrogen-bond acceptors (Lipinski definition) is 4. The van der Waals surface area contributed by atoms with Crippen LogP contribution in [0.25, 0.3) is 0 Å². The first-order valence-electron chi connectivity index (χ1n) is 5.98. The van der Waals surface area contributed by atoms with Gasteiger partial charge in [0.05, 0.1) is 17.9 Å². The van der Waals surface area contributed by atoms with E-state index in [0.717, 1.165) is 17.2 Å². The number of rotatable bonds is 4. The van der Waals surface area contributed by atoms with Gasteiger partial charge in [-0.05, 0) is 41.5 Å². The van der Waals surface area contributed by atoms with E-state index in [-0.39, 0.29) is 11.1 Å². The van der Waals surface area contributed by atoms with Crippen molar-refractivity contribution >= 4 is 11.3 Å². The molecule has 0 aliphatic heterocycles. The molecule has 0 amide bonds. The zero-order valence-electron chi connectivity index (χ0n) is 11.8. The molecular weight excluding hydrogens is 232 g/mol. The van der Waals surface area contributed by atoms with Gasteiger partial charge in [-0.15, -0.1) is 11.3 Å². The van der Waals surface area contributed by atoms with Gasteiger partial charge in [0.2, 0.25) is 0 Å². The van der Waals surface area contributed by atoms with E-state index < -0.39 is 0 Å². The average Bonchev–Trinajstić information content (AvgIpc) is 2.57. The Hall–Kier alpha value is -0.450. The van der Waals surface area contributed by atoms with Crippen LogP contribution < -0.4 is 5.32 Å². The van der Waals surface area contributed by atoms with Crippen LogP contribution in [0.2, 0.25) is 0 Å². The first-order valence-corrected chi connectivity index (χ1v) is 6.86. The minimum atomic E-state index is -0.104. The maximum Gasteiger partial charge on any atom is 0.107 e. The summed E-state index contributed by atoms with van der Waals surface area (Å²) >= 11 is 1.69. The zero-order chi connectivity index (χ0) is 13.1. The van der Waals surface area contributed by atoms with Gasteiger partial charge in [-0.1, -0.05) is 0 Å². The van der Waals surface area contributed by atoms with Gasteiger partial charge in [-0.2, -0.15) is 0 Å². The van der Waals surface area contributed by atoms with Gasteiger partial charge in [0.25, 0.3) is 0 Å². The maximum absolute atomic E-state index is 5.70. The Bertz CT molecular complexity index is 315. The molecule has 0 bridgehead atoms. The summed E-state index contributed by atoms with van der Waals surface area (Å²) in [5.74, 6) is 0. The van der Waals surface area contributed by atoms with Crippen LogP contribution >= 0.6 is 11.3 Å². The molecule has 1 aromatic rings. The lowest BCUT2D eigenvalue weighted by atomic mass is 10.1. The molecule has 0 saturated carbocycles. The van der Waals surface area contributed by atoms with E-state index in [1.807, 2.05) is 0 Å². The van der Waals surface area contributed by atoms with Gasteiger partial charge in [0.1, 0.15) is 5.01 Å². The van der Waals surface area contributed by atoms with Gasteiger partial charge >= 0.3 is 0 Å². The summed E-state index contributed by atoms with van der Waals surface area (Å²) in [5, 5.41) is 6.62. The van der Waals surface area contributed by atoms with Crippen molar-refractivity contribution < 1.29 is 4.74 Å². The second-order valence-electron chi connectivity index (χ2n) is 6.24. The lowest BCUT2D eigenvalue weighted by molar-refractivity contribution is -0.0163. The highest BCUT2D eigenvalue weighted by atomic mass is 32.1. The van der Waals surface area contributed by atoms with Crippen molar-refractivity contribution in [3.05, 3.63) is 16.1 Å². The van der Waals surface area contributed by atoms with E-state index in [4.69, 9.17) is 4.74 Å². The molecule has 0 unspecified atom stereocenters. The van der Waals surface area contributed by atoms with Crippen molar-refractivity contribution in [2.75, 3.05) is 0 Å². The highest BCUT2D eigenvalue weighted by molar-refractivity contribution is 7.09. The fourth-order valence-electron chi connectivity index (χ4n) is 1.13. The predicted molar refractivity (Wildman–Crippen MR) is 73.2 cm³/mol. The Morgan fingerprint density at radius 3 is 2.41 bits per heavy atom. The monoisotopic (exact) mass is 256 g/mol. The van der Waals surface area contributed by atoms with Crippen LogP contribution in [-0.2, 0) is 17.9 Å². The molecule has 0 aliphatic rings. The summed E-state index contributed by atoms with van der Waals surface area (Å²) in [4.78, 5) is 4.55. The lowest BCUT2D eigenvalue weighted by Gasteiger charge is -2.19. The second-order valence-corrected chi connectivity index (χ2v) is 7.18. The highest BCUT2D eigenvalue weighted by Gasteiger charge is 2.13. The van der Waals surface area contributed by atoms with E-state index >= 15 is 0 Å². The molecule has 1 N–H and O–H groups in total. The van der Waals surface area contributed by atoms with Crippen LogP contribution in [0.4, 0.5) is 0 Å². The second kappa shape index (κ2) is 5.46. The fraction of sp³-hybridized carbons (Fsp3) is 0.769. The van der Waals surface area contributed by atoms with Crippen molar-refractivity contribution in [2.24, 2.45) is 0 Å². The van der Waals surface area contributed by atoms with Gasteiger partial charge < -0.3 is 10.1 Å². The van der Waals surface area contributed by atoms with E-state index in [2.05, 4.69) is 57.2 Å². The summed E-state index contributed by atoms with van der Waals surface area (Å²) in [7, 11) is 0. The topological polar surface area (TPSA) is 34.2 Å². The lowest BCUT2D eigenvalue weighted by Crippen LogP contribution is -2.35. The molecule has 0 atom stereocenters. The molecule has 1 aromatic heterocycles. The van der Waals surface area contributed by atoms with Crippen molar-refractivity contribution in [1.29, 1.82) is 0 Å². The first-order chi connectivity index (χ1) is 7.66. The van der Waals surface area contributed by atoms with Crippen molar-refractivity contribution in [3.8, 4) is 0 Å². The Morgan fingerprint density at radius 2 is 1.88 bits per heavy atom. The third-order valence-electron chi connectivity index (χ3n) is 2.02. The van der Waals surface area contributed by atoms with E-state index in [1.54, 1.807) is 11.3 Å². The van der Waals surface area contributed by atoms with Gasteiger partial charge in [0.15, 0.2) is 0 Å². The van der Waals surface area contributed by atoms with Crippen LogP contribution in [0, 0.1) is 0 Å². The number of nitrogens with zero attached hydrogens (tertiary/aromatic N) is 1. The van der Waals surface area contributed by atoms with Gasteiger partial charge in [-0.25, -0.2) is 4.98 Å². The number of aromatic nitrogens is 1. The fourth-order valence-corrected chi connectivity index (χ4v) is 1.85. The summed E-state index contributed by atoms with van der Waals surface area (Å²) in [6.07, 6.45) is 0. The van der Waals surface area contributed by atoms with Crippen LogP contribution in [0.15, 0.2) is 5.38 Å². The molecule has 4 heteroatoms. The van der Waals surface area contributed by atoms with Gasteiger partial charge in [0, 0.05) is 17.5 Å². The van der Waals surface area contributed by atoms with Crippen LogP contribution in [-0.4, -0.2) is 16.1 Å². The van der Waals surface area contributed by atoms with E-state index in [0.29, 0.717) is 6.61 Å². The SMILES string of the molecule is CC(C)(C)NCc1nc(COC(C)(C)C)cs1. The molecule has 0 fully saturated rings. The number of ether oxygens (including phenoxy) is 1. The number of hydrogen-bond donors (Lipinski definition) is 1. The largest absolute Gasteiger partial charge is 0.370 e. The molecule has 0 aromatic carbocycles. The van der Waals surface area contributed by atoms with Crippen LogP contribution in [0.3, 0.4) is 0 Å². The maximum atomic E-state index is 5.70. The van der Waals surface area contributed by atoms with Crippen molar-refractivity contribution in [2.45, 2.75) is 65.8 Å².